The number of rotatable bonds is 4. The average molecular weight is 373 g/mol. The van der Waals surface area contributed by atoms with Crippen LogP contribution in [0.3, 0.4) is 0 Å². The van der Waals surface area contributed by atoms with Crippen molar-refractivity contribution in [2.75, 3.05) is 6.54 Å². The predicted molar refractivity (Wildman–Crippen MR) is 87.0 cm³/mol. The van der Waals surface area contributed by atoms with Gasteiger partial charge >= 0.3 is 0 Å². The van der Waals surface area contributed by atoms with Crippen molar-refractivity contribution in [1.82, 2.24) is 0 Å². The van der Waals surface area contributed by atoms with E-state index in [0.29, 0.717) is 5.56 Å². The van der Waals surface area contributed by atoms with E-state index in [-0.39, 0.29) is 11.6 Å². The van der Waals surface area contributed by atoms with Crippen LogP contribution in [0.4, 0.5) is 4.39 Å². The molecule has 2 atom stereocenters. The van der Waals surface area contributed by atoms with E-state index in [4.69, 9.17) is 17.3 Å². The predicted octanol–water partition coefficient (Wildman–Crippen LogP) is 4.33. The lowest BCUT2D eigenvalue weighted by Gasteiger charge is -2.24. The van der Waals surface area contributed by atoms with Gasteiger partial charge in [-0.1, -0.05) is 51.3 Å². The maximum atomic E-state index is 13.2. The van der Waals surface area contributed by atoms with E-state index >= 15 is 0 Å². The van der Waals surface area contributed by atoms with Crippen molar-refractivity contribution in [3.8, 4) is 0 Å². The Hall–Kier alpha value is -0.940. The highest BCUT2D eigenvalue weighted by molar-refractivity contribution is 9.10. The van der Waals surface area contributed by atoms with Crippen molar-refractivity contribution in [2.45, 2.75) is 18.9 Å². The third kappa shape index (κ3) is 3.64. The number of nitrogens with two attached hydrogens (primary N) is 1. The second kappa shape index (κ2) is 6.88. The van der Waals surface area contributed by atoms with Crippen LogP contribution in [-0.4, -0.2) is 11.7 Å². The van der Waals surface area contributed by atoms with Crippen LogP contribution in [0.25, 0.3) is 0 Å². The molecule has 2 rings (SSSR count). The summed E-state index contributed by atoms with van der Waals surface area (Å²) in [6.45, 7) is 2.15. The quantitative estimate of drug-likeness (QED) is 0.839. The van der Waals surface area contributed by atoms with Crippen LogP contribution in [0.15, 0.2) is 40.9 Å². The maximum absolute atomic E-state index is 13.2. The summed E-state index contributed by atoms with van der Waals surface area (Å²) in [6.07, 6.45) is -0.827. The Morgan fingerprint density at radius 3 is 2.57 bits per heavy atom. The number of hydrogen-bond acceptors (Lipinski definition) is 2. The summed E-state index contributed by atoms with van der Waals surface area (Å²) in [6, 6.07) is 9.85. The molecule has 0 aliphatic rings. The van der Waals surface area contributed by atoms with Crippen molar-refractivity contribution in [2.24, 2.45) is 5.73 Å². The van der Waals surface area contributed by atoms with E-state index in [1.54, 1.807) is 6.07 Å². The highest BCUT2D eigenvalue weighted by Gasteiger charge is 2.25. The first-order valence-electron chi connectivity index (χ1n) is 6.53. The maximum Gasteiger partial charge on any atom is 0.124 e. The molecule has 0 fully saturated rings. The first kappa shape index (κ1) is 16.4. The Morgan fingerprint density at radius 2 is 1.95 bits per heavy atom. The fourth-order valence-corrected chi connectivity index (χ4v) is 3.12. The zero-order valence-corrected chi connectivity index (χ0v) is 13.8. The molecule has 2 aromatic carbocycles. The van der Waals surface area contributed by atoms with Gasteiger partial charge in [-0.25, -0.2) is 4.39 Å². The van der Waals surface area contributed by atoms with Gasteiger partial charge in [-0.3, -0.25) is 0 Å². The Labute approximate surface area is 136 Å². The number of benzene rings is 2. The zero-order chi connectivity index (χ0) is 15.6. The molecule has 2 nitrogen and oxygen atoms in total. The van der Waals surface area contributed by atoms with Gasteiger partial charge in [0.15, 0.2) is 0 Å². The molecule has 0 saturated carbocycles. The molecule has 2 unspecified atom stereocenters. The fraction of sp³-hybridized carbons (Fsp3) is 0.250. The highest BCUT2D eigenvalue weighted by atomic mass is 79.9. The Balaban J connectivity index is 2.43. The molecule has 0 aliphatic heterocycles. The fourth-order valence-electron chi connectivity index (χ4n) is 2.33. The molecule has 3 N–H and O–H groups in total. The zero-order valence-electron chi connectivity index (χ0n) is 11.5. The van der Waals surface area contributed by atoms with Gasteiger partial charge in [0, 0.05) is 22.0 Å². The SMILES string of the molecule is Cc1ccc(Br)c(C(O)C(CN)c2ccc(F)cc2Cl)c1. The number of aryl methyl sites for hydroxylation is 1. The van der Waals surface area contributed by atoms with Crippen LogP contribution in [0.5, 0.6) is 0 Å². The van der Waals surface area contributed by atoms with Gasteiger partial charge in [0.25, 0.3) is 0 Å². The molecule has 0 radical (unpaired) electrons. The van der Waals surface area contributed by atoms with Crippen molar-refractivity contribution in [1.29, 1.82) is 0 Å². The van der Waals surface area contributed by atoms with Crippen molar-refractivity contribution in [3.63, 3.8) is 0 Å². The highest BCUT2D eigenvalue weighted by Crippen LogP contribution is 2.37. The topological polar surface area (TPSA) is 46.2 Å². The van der Waals surface area contributed by atoms with Crippen molar-refractivity contribution < 1.29 is 9.50 Å². The smallest absolute Gasteiger partial charge is 0.124 e. The lowest BCUT2D eigenvalue weighted by molar-refractivity contribution is 0.146. The third-order valence-corrected chi connectivity index (χ3v) is 4.52. The van der Waals surface area contributed by atoms with Crippen LogP contribution in [-0.2, 0) is 0 Å². The summed E-state index contributed by atoms with van der Waals surface area (Å²) in [5.74, 6) is -0.818. The molecule has 0 saturated heterocycles. The lowest BCUT2D eigenvalue weighted by atomic mass is 9.88. The third-order valence-electron chi connectivity index (χ3n) is 3.47. The number of aliphatic hydroxyl groups excluding tert-OH is 1. The van der Waals surface area contributed by atoms with Gasteiger partial charge in [-0.2, -0.15) is 0 Å². The Kier molecular flexibility index (Phi) is 5.38. The summed E-state index contributed by atoms with van der Waals surface area (Å²) in [5.41, 5.74) is 8.23. The van der Waals surface area contributed by atoms with Gasteiger partial charge in [0.2, 0.25) is 0 Å². The minimum Gasteiger partial charge on any atom is -0.388 e. The molecular weight excluding hydrogens is 357 g/mol. The van der Waals surface area contributed by atoms with Gasteiger partial charge in [0.1, 0.15) is 5.82 Å². The first-order valence-corrected chi connectivity index (χ1v) is 7.70. The standard InChI is InChI=1S/C16H16BrClFNO/c1-9-2-5-14(17)12(6-9)16(21)13(8-20)11-4-3-10(19)7-15(11)18/h2-7,13,16,21H,8,20H2,1H3. The van der Waals surface area contributed by atoms with Gasteiger partial charge in [-0.05, 0) is 36.2 Å². The lowest BCUT2D eigenvalue weighted by Crippen LogP contribution is -2.21. The minimum absolute atomic E-state index is 0.201. The Bertz CT molecular complexity index is 650. The van der Waals surface area contributed by atoms with Crippen molar-refractivity contribution >= 4 is 27.5 Å². The molecule has 112 valence electrons. The second-order valence-corrected chi connectivity index (χ2v) is 6.24. The molecule has 0 aliphatic carbocycles. The van der Waals surface area contributed by atoms with Crippen LogP contribution in [0.2, 0.25) is 5.02 Å². The molecule has 0 heterocycles. The van der Waals surface area contributed by atoms with E-state index in [0.717, 1.165) is 15.6 Å². The molecule has 0 bridgehead atoms. The van der Waals surface area contributed by atoms with Crippen LogP contribution >= 0.6 is 27.5 Å². The number of halogens is 3. The molecule has 0 spiro atoms. The minimum atomic E-state index is -0.827. The van der Waals surface area contributed by atoms with Crippen LogP contribution < -0.4 is 5.73 Å². The van der Waals surface area contributed by atoms with Gasteiger partial charge in [0.05, 0.1) is 6.10 Å². The average Bonchev–Trinajstić information content (AvgIpc) is 2.44. The van der Waals surface area contributed by atoms with Crippen LogP contribution in [0.1, 0.15) is 28.7 Å². The van der Waals surface area contributed by atoms with Gasteiger partial charge < -0.3 is 10.8 Å². The Morgan fingerprint density at radius 1 is 1.24 bits per heavy atom. The molecule has 21 heavy (non-hydrogen) atoms. The first-order chi connectivity index (χ1) is 9.93. The second-order valence-electron chi connectivity index (χ2n) is 4.98. The van der Waals surface area contributed by atoms with Crippen molar-refractivity contribution in [3.05, 3.63) is 68.4 Å². The summed E-state index contributed by atoms with van der Waals surface area (Å²) in [7, 11) is 0. The number of hydrogen-bond donors (Lipinski definition) is 2. The van der Waals surface area contributed by atoms with E-state index in [1.165, 1.54) is 12.1 Å². The van der Waals surface area contributed by atoms with E-state index in [9.17, 15) is 9.50 Å². The summed E-state index contributed by atoms with van der Waals surface area (Å²) >= 11 is 9.52. The molecule has 0 aromatic heterocycles. The van der Waals surface area contributed by atoms with Gasteiger partial charge in [-0.15, -0.1) is 0 Å². The molecule has 0 amide bonds. The number of aliphatic hydroxyl groups is 1. The largest absolute Gasteiger partial charge is 0.388 e. The van der Waals surface area contributed by atoms with E-state index in [1.807, 2.05) is 25.1 Å². The monoisotopic (exact) mass is 371 g/mol. The molecule has 5 heteroatoms. The van der Waals surface area contributed by atoms with E-state index < -0.39 is 17.8 Å². The summed E-state index contributed by atoms with van der Waals surface area (Å²) in [4.78, 5) is 0. The van der Waals surface area contributed by atoms with E-state index in [2.05, 4.69) is 15.9 Å². The molecular formula is C16H16BrClFNO. The summed E-state index contributed by atoms with van der Waals surface area (Å²) in [5, 5.41) is 10.9. The summed E-state index contributed by atoms with van der Waals surface area (Å²) < 4.78 is 14.0. The van der Waals surface area contributed by atoms with Crippen LogP contribution in [0, 0.1) is 12.7 Å². The molecule has 2 aromatic rings. The normalized spacial score (nSPS) is 14.0.